The second-order valence-electron chi connectivity index (χ2n) is 6.52. The number of carbonyl (C=O) groups excluding carboxylic acids is 1. The largest absolute Gasteiger partial charge is 0.377 e. The number of hydrogen-bond acceptors (Lipinski definition) is 3. The highest BCUT2D eigenvalue weighted by Gasteiger charge is 2.04. The van der Waals surface area contributed by atoms with E-state index in [0.717, 1.165) is 16.7 Å². The van der Waals surface area contributed by atoms with Crippen molar-refractivity contribution >= 4 is 6.03 Å². The van der Waals surface area contributed by atoms with E-state index in [1.807, 2.05) is 60.3 Å². The van der Waals surface area contributed by atoms with Gasteiger partial charge in [0.25, 0.3) is 0 Å². The Morgan fingerprint density at radius 2 is 1.61 bits per heavy atom. The van der Waals surface area contributed by atoms with Crippen molar-refractivity contribution in [2.75, 3.05) is 6.61 Å². The first kappa shape index (κ1) is 19.6. The van der Waals surface area contributed by atoms with Gasteiger partial charge in [-0.3, -0.25) is 4.68 Å². The summed E-state index contributed by atoms with van der Waals surface area (Å²) in [6, 6.07) is 18.0. The van der Waals surface area contributed by atoms with Gasteiger partial charge in [0, 0.05) is 31.5 Å². The predicted molar refractivity (Wildman–Crippen MR) is 109 cm³/mol. The Hall–Kier alpha value is -3.12. The summed E-state index contributed by atoms with van der Waals surface area (Å²) >= 11 is 0. The van der Waals surface area contributed by atoms with Gasteiger partial charge in [-0.1, -0.05) is 54.6 Å². The van der Waals surface area contributed by atoms with Crippen LogP contribution in [0.15, 0.2) is 67.0 Å². The van der Waals surface area contributed by atoms with Crippen LogP contribution in [0.4, 0.5) is 4.79 Å². The molecule has 0 aliphatic carbocycles. The number of ether oxygens (including phenoxy) is 1. The van der Waals surface area contributed by atoms with Gasteiger partial charge in [0.15, 0.2) is 0 Å². The molecule has 0 aliphatic rings. The number of amides is 2. The second-order valence-corrected chi connectivity index (χ2v) is 6.52. The Bertz CT molecular complexity index is 860. The summed E-state index contributed by atoms with van der Waals surface area (Å²) in [5.74, 6) is 0. The van der Waals surface area contributed by atoms with Crippen molar-refractivity contribution in [2.24, 2.45) is 0 Å². The van der Waals surface area contributed by atoms with Crippen molar-refractivity contribution < 1.29 is 9.53 Å². The lowest BCUT2D eigenvalue weighted by Crippen LogP contribution is -2.34. The number of nitrogens with one attached hydrogen (secondary N) is 2. The minimum absolute atomic E-state index is 0.200. The van der Waals surface area contributed by atoms with Gasteiger partial charge in [0.2, 0.25) is 0 Å². The van der Waals surface area contributed by atoms with Crippen LogP contribution in [0.25, 0.3) is 0 Å². The number of aromatic nitrogens is 2. The van der Waals surface area contributed by atoms with Gasteiger partial charge in [0.1, 0.15) is 0 Å². The summed E-state index contributed by atoms with van der Waals surface area (Å²) < 4.78 is 7.25. The molecule has 0 saturated carbocycles. The Morgan fingerprint density at radius 3 is 2.32 bits per heavy atom. The molecule has 3 rings (SSSR count). The summed E-state index contributed by atoms with van der Waals surface area (Å²) in [4.78, 5) is 12.0. The maximum atomic E-state index is 12.0. The van der Waals surface area contributed by atoms with Gasteiger partial charge in [-0.2, -0.15) is 5.10 Å². The summed E-state index contributed by atoms with van der Waals surface area (Å²) in [5, 5.41) is 10.1. The molecule has 0 aliphatic heterocycles. The van der Waals surface area contributed by atoms with Crippen LogP contribution in [0, 0.1) is 0 Å². The minimum atomic E-state index is -0.200. The van der Waals surface area contributed by atoms with E-state index in [9.17, 15) is 4.79 Å². The first-order valence-electron chi connectivity index (χ1n) is 9.45. The van der Waals surface area contributed by atoms with Crippen LogP contribution in [0.1, 0.15) is 29.2 Å². The molecule has 0 spiro atoms. The lowest BCUT2D eigenvalue weighted by atomic mass is 10.1. The number of urea groups is 1. The van der Waals surface area contributed by atoms with Crippen LogP contribution in [0.3, 0.4) is 0 Å². The van der Waals surface area contributed by atoms with E-state index in [-0.39, 0.29) is 6.03 Å². The molecule has 2 amide bonds. The first-order valence-corrected chi connectivity index (χ1v) is 9.45. The van der Waals surface area contributed by atoms with Crippen LogP contribution in [-0.2, 0) is 31.0 Å². The number of benzene rings is 2. The minimum Gasteiger partial charge on any atom is -0.377 e. The monoisotopic (exact) mass is 378 g/mol. The SMILES string of the molecule is CCOCc1ccc(CNC(=O)NCc2cnn(Cc3ccccc3)c2)cc1. The lowest BCUT2D eigenvalue weighted by molar-refractivity contribution is 0.134. The van der Waals surface area contributed by atoms with Crippen molar-refractivity contribution in [3.05, 3.63) is 89.2 Å². The molecule has 3 aromatic rings. The maximum Gasteiger partial charge on any atom is 0.315 e. The summed E-state index contributed by atoms with van der Waals surface area (Å²) in [5.41, 5.74) is 4.33. The van der Waals surface area contributed by atoms with Gasteiger partial charge in [0.05, 0.1) is 19.3 Å². The lowest BCUT2D eigenvalue weighted by Gasteiger charge is -2.08. The molecule has 0 atom stereocenters. The number of carbonyl (C=O) groups is 1. The fourth-order valence-electron chi connectivity index (χ4n) is 2.76. The molecule has 6 nitrogen and oxygen atoms in total. The zero-order chi connectivity index (χ0) is 19.6. The molecule has 6 heteroatoms. The molecule has 2 aromatic carbocycles. The van der Waals surface area contributed by atoms with Crippen LogP contribution < -0.4 is 10.6 Å². The molecule has 0 saturated heterocycles. The number of nitrogens with zero attached hydrogens (tertiary/aromatic N) is 2. The standard InChI is InChI=1S/C22H26N4O2/c1-2-28-17-20-10-8-18(9-11-20)12-23-22(27)24-13-21-14-25-26(16-21)15-19-6-4-3-5-7-19/h3-11,14,16H,2,12-13,15,17H2,1H3,(H2,23,24,27). The highest BCUT2D eigenvalue weighted by molar-refractivity contribution is 5.73. The Kier molecular flexibility index (Phi) is 7.21. The molecule has 1 heterocycles. The van der Waals surface area contributed by atoms with Crippen LogP contribution >= 0.6 is 0 Å². The zero-order valence-electron chi connectivity index (χ0n) is 16.1. The molecule has 0 fully saturated rings. The topological polar surface area (TPSA) is 68.2 Å². The van der Waals surface area contributed by atoms with E-state index in [1.54, 1.807) is 6.20 Å². The molecule has 28 heavy (non-hydrogen) atoms. The van der Waals surface area contributed by atoms with E-state index in [2.05, 4.69) is 27.9 Å². The van der Waals surface area contributed by atoms with Crippen molar-refractivity contribution in [1.82, 2.24) is 20.4 Å². The van der Waals surface area contributed by atoms with E-state index in [0.29, 0.717) is 32.8 Å². The quantitative estimate of drug-likeness (QED) is 0.599. The molecule has 146 valence electrons. The number of hydrogen-bond donors (Lipinski definition) is 2. The third kappa shape index (κ3) is 6.25. The van der Waals surface area contributed by atoms with E-state index < -0.39 is 0 Å². The van der Waals surface area contributed by atoms with Crippen molar-refractivity contribution in [3.63, 3.8) is 0 Å². The molecular formula is C22H26N4O2. The Labute approximate surface area is 165 Å². The van der Waals surface area contributed by atoms with E-state index in [4.69, 9.17) is 4.74 Å². The molecule has 0 radical (unpaired) electrons. The summed E-state index contributed by atoms with van der Waals surface area (Å²) in [7, 11) is 0. The van der Waals surface area contributed by atoms with Crippen molar-refractivity contribution in [1.29, 1.82) is 0 Å². The van der Waals surface area contributed by atoms with Crippen LogP contribution in [0.2, 0.25) is 0 Å². The highest BCUT2D eigenvalue weighted by Crippen LogP contribution is 2.06. The van der Waals surface area contributed by atoms with Crippen LogP contribution in [0.5, 0.6) is 0 Å². The summed E-state index contributed by atoms with van der Waals surface area (Å²) in [6.07, 6.45) is 3.73. The third-order valence-corrected chi connectivity index (χ3v) is 4.28. The molecule has 2 N–H and O–H groups in total. The first-order chi connectivity index (χ1) is 13.7. The van der Waals surface area contributed by atoms with Crippen molar-refractivity contribution in [3.8, 4) is 0 Å². The average molecular weight is 378 g/mol. The third-order valence-electron chi connectivity index (χ3n) is 4.28. The normalized spacial score (nSPS) is 10.6. The number of rotatable bonds is 9. The summed E-state index contributed by atoms with van der Waals surface area (Å²) in [6.45, 7) is 4.93. The predicted octanol–water partition coefficient (Wildman–Crippen LogP) is 3.47. The zero-order valence-corrected chi connectivity index (χ0v) is 16.1. The molecular weight excluding hydrogens is 352 g/mol. The van der Waals surface area contributed by atoms with Crippen LogP contribution in [-0.4, -0.2) is 22.4 Å². The van der Waals surface area contributed by atoms with E-state index in [1.165, 1.54) is 5.56 Å². The fraction of sp³-hybridized carbons (Fsp3) is 0.273. The van der Waals surface area contributed by atoms with Gasteiger partial charge >= 0.3 is 6.03 Å². The average Bonchev–Trinajstić information content (AvgIpc) is 3.18. The fourth-order valence-corrected chi connectivity index (χ4v) is 2.76. The Balaban J connectivity index is 1.39. The molecule has 1 aromatic heterocycles. The van der Waals surface area contributed by atoms with Gasteiger partial charge < -0.3 is 15.4 Å². The second kappa shape index (κ2) is 10.3. The van der Waals surface area contributed by atoms with Gasteiger partial charge in [-0.25, -0.2) is 4.79 Å². The Morgan fingerprint density at radius 1 is 0.929 bits per heavy atom. The van der Waals surface area contributed by atoms with Gasteiger partial charge in [-0.15, -0.1) is 0 Å². The highest BCUT2D eigenvalue weighted by atomic mass is 16.5. The molecule has 0 unspecified atom stereocenters. The van der Waals surface area contributed by atoms with E-state index >= 15 is 0 Å². The molecule has 0 bridgehead atoms. The van der Waals surface area contributed by atoms with Crippen molar-refractivity contribution in [2.45, 2.75) is 33.2 Å². The van der Waals surface area contributed by atoms with Gasteiger partial charge in [-0.05, 0) is 23.6 Å². The smallest absolute Gasteiger partial charge is 0.315 e. The maximum absolute atomic E-state index is 12.0.